The largest absolute Gasteiger partial charge is 0.310 e. The average molecular weight is 275 g/mol. The molecule has 0 atom stereocenters. The number of rotatable bonds is 4. The summed E-state index contributed by atoms with van der Waals surface area (Å²) in [6, 6.07) is 9.99. The summed E-state index contributed by atoms with van der Waals surface area (Å²) >= 11 is 1.58. The summed E-state index contributed by atoms with van der Waals surface area (Å²) in [6.45, 7) is 3.11. The summed E-state index contributed by atoms with van der Waals surface area (Å²) in [5.74, 6) is 0.718. The van der Waals surface area contributed by atoms with E-state index in [-0.39, 0.29) is 5.82 Å². The lowest BCUT2D eigenvalue weighted by molar-refractivity contribution is 0.240. The van der Waals surface area contributed by atoms with E-state index in [0.29, 0.717) is 6.04 Å². The van der Waals surface area contributed by atoms with Crippen LogP contribution in [-0.2, 0) is 6.54 Å². The van der Waals surface area contributed by atoms with E-state index >= 15 is 0 Å². The number of halogens is 1. The van der Waals surface area contributed by atoms with Crippen LogP contribution in [0.25, 0.3) is 10.4 Å². The standard InChI is InChI=1S/C16H18FNS/c1-11-7-13(8-11)18-10-12-4-5-15(17)14(9-12)16-3-2-6-19-16/h2-6,9,11,13,18H,7-8,10H2,1H3. The van der Waals surface area contributed by atoms with Crippen molar-refractivity contribution in [2.45, 2.75) is 32.4 Å². The van der Waals surface area contributed by atoms with Gasteiger partial charge >= 0.3 is 0 Å². The smallest absolute Gasteiger partial charge is 0.131 e. The van der Waals surface area contributed by atoms with Crippen molar-refractivity contribution < 1.29 is 4.39 Å². The van der Waals surface area contributed by atoms with Gasteiger partial charge in [0.05, 0.1) is 0 Å². The normalized spacial score (nSPS) is 22.2. The molecule has 0 unspecified atom stereocenters. The predicted octanol–water partition coefficient (Wildman–Crippen LogP) is 4.44. The van der Waals surface area contributed by atoms with Crippen LogP contribution in [0.4, 0.5) is 4.39 Å². The van der Waals surface area contributed by atoms with Crippen molar-refractivity contribution in [2.75, 3.05) is 0 Å². The highest BCUT2D eigenvalue weighted by atomic mass is 32.1. The number of nitrogens with one attached hydrogen (secondary N) is 1. The molecule has 3 heteroatoms. The Kier molecular flexibility index (Phi) is 3.67. The number of hydrogen-bond donors (Lipinski definition) is 1. The summed E-state index contributed by atoms with van der Waals surface area (Å²) in [5.41, 5.74) is 1.88. The van der Waals surface area contributed by atoms with Gasteiger partial charge in [-0.2, -0.15) is 0 Å². The van der Waals surface area contributed by atoms with Crippen LogP contribution in [0.3, 0.4) is 0 Å². The molecule has 19 heavy (non-hydrogen) atoms. The third-order valence-electron chi connectivity index (χ3n) is 3.79. The van der Waals surface area contributed by atoms with Crippen molar-refractivity contribution in [3.05, 3.63) is 47.1 Å². The molecule has 1 fully saturated rings. The van der Waals surface area contributed by atoms with Crippen LogP contribution in [0.1, 0.15) is 25.3 Å². The highest BCUT2D eigenvalue weighted by Crippen LogP contribution is 2.29. The van der Waals surface area contributed by atoms with E-state index in [2.05, 4.69) is 12.2 Å². The molecule has 0 radical (unpaired) electrons. The second-order valence-corrected chi connectivity index (χ2v) is 6.39. The van der Waals surface area contributed by atoms with Crippen molar-refractivity contribution in [2.24, 2.45) is 5.92 Å². The van der Waals surface area contributed by atoms with E-state index in [1.54, 1.807) is 17.4 Å². The Morgan fingerprint density at radius 2 is 2.16 bits per heavy atom. The van der Waals surface area contributed by atoms with Crippen LogP contribution in [0.5, 0.6) is 0 Å². The van der Waals surface area contributed by atoms with Gasteiger partial charge in [-0.15, -0.1) is 11.3 Å². The molecule has 2 aromatic rings. The Morgan fingerprint density at radius 3 is 2.84 bits per heavy atom. The second-order valence-electron chi connectivity index (χ2n) is 5.45. The lowest BCUT2D eigenvalue weighted by Gasteiger charge is -2.33. The number of hydrogen-bond acceptors (Lipinski definition) is 2. The van der Waals surface area contributed by atoms with Crippen LogP contribution in [0.2, 0.25) is 0 Å². The van der Waals surface area contributed by atoms with Gasteiger partial charge in [-0.3, -0.25) is 0 Å². The summed E-state index contributed by atoms with van der Waals surface area (Å²) < 4.78 is 13.8. The molecule has 1 aromatic carbocycles. The van der Waals surface area contributed by atoms with Crippen LogP contribution >= 0.6 is 11.3 Å². The molecule has 0 bridgehead atoms. The average Bonchev–Trinajstić information content (AvgIpc) is 2.88. The zero-order valence-corrected chi connectivity index (χ0v) is 11.8. The molecule has 1 N–H and O–H groups in total. The first-order chi connectivity index (χ1) is 9.22. The van der Waals surface area contributed by atoms with Crippen molar-refractivity contribution in [1.82, 2.24) is 5.32 Å². The lowest BCUT2D eigenvalue weighted by atomic mass is 9.82. The van der Waals surface area contributed by atoms with Gasteiger partial charge < -0.3 is 5.32 Å². The van der Waals surface area contributed by atoms with Crippen LogP contribution in [-0.4, -0.2) is 6.04 Å². The molecule has 0 spiro atoms. The molecule has 1 aromatic heterocycles. The predicted molar refractivity (Wildman–Crippen MR) is 78.7 cm³/mol. The minimum absolute atomic E-state index is 0.136. The lowest BCUT2D eigenvalue weighted by Crippen LogP contribution is -2.39. The highest BCUT2D eigenvalue weighted by molar-refractivity contribution is 7.13. The maximum absolute atomic E-state index is 13.8. The Labute approximate surface area is 117 Å². The summed E-state index contributed by atoms with van der Waals surface area (Å²) in [7, 11) is 0. The van der Waals surface area contributed by atoms with Gasteiger partial charge in [-0.25, -0.2) is 4.39 Å². The summed E-state index contributed by atoms with van der Waals surface area (Å²) in [5, 5.41) is 5.52. The third-order valence-corrected chi connectivity index (χ3v) is 4.69. The minimum atomic E-state index is -0.136. The van der Waals surface area contributed by atoms with Gasteiger partial charge in [0.15, 0.2) is 0 Å². The SMILES string of the molecule is CC1CC(NCc2ccc(F)c(-c3cccs3)c2)C1. The Morgan fingerprint density at radius 1 is 1.32 bits per heavy atom. The van der Waals surface area contributed by atoms with Crippen molar-refractivity contribution in [3.8, 4) is 10.4 Å². The van der Waals surface area contributed by atoms with Gasteiger partial charge in [0.2, 0.25) is 0 Å². The van der Waals surface area contributed by atoms with Gasteiger partial charge in [0.25, 0.3) is 0 Å². The van der Waals surface area contributed by atoms with Gasteiger partial charge in [-0.05, 0) is 47.9 Å². The van der Waals surface area contributed by atoms with E-state index in [9.17, 15) is 4.39 Å². The van der Waals surface area contributed by atoms with E-state index in [1.807, 2.05) is 29.6 Å². The quantitative estimate of drug-likeness (QED) is 0.869. The molecule has 1 aliphatic carbocycles. The second kappa shape index (κ2) is 5.43. The molecule has 0 aliphatic heterocycles. The topological polar surface area (TPSA) is 12.0 Å². The monoisotopic (exact) mass is 275 g/mol. The first-order valence-electron chi connectivity index (χ1n) is 6.78. The minimum Gasteiger partial charge on any atom is -0.310 e. The Bertz CT molecular complexity index is 544. The van der Waals surface area contributed by atoms with Crippen LogP contribution < -0.4 is 5.32 Å². The maximum atomic E-state index is 13.8. The van der Waals surface area contributed by atoms with Gasteiger partial charge in [0.1, 0.15) is 5.82 Å². The fourth-order valence-electron chi connectivity index (χ4n) is 2.63. The third kappa shape index (κ3) is 2.88. The molecule has 0 saturated heterocycles. The van der Waals surface area contributed by atoms with Crippen molar-refractivity contribution in [1.29, 1.82) is 0 Å². The van der Waals surface area contributed by atoms with E-state index in [1.165, 1.54) is 12.8 Å². The first-order valence-corrected chi connectivity index (χ1v) is 7.66. The van der Waals surface area contributed by atoms with Gasteiger partial charge in [0, 0.05) is 23.0 Å². The van der Waals surface area contributed by atoms with Crippen molar-refractivity contribution in [3.63, 3.8) is 0 Å². The molecular weight excluding hydrogens is 257 g/mol. The summed E-state index contributed by atoms with van der Waals surface area (Å²) in [4.78, 5) is 0.997. The molecule has 1 aliphatic rings. The number of thiophene rings is 1. The molecule has 1 heterocycles. The fraction of sp³-hybridized carbons (Fsp3) is 0.375. The zero-order valence-electron chi connectivity index (χ0n) is 11.0. The molecule has 0 amide bonds. The first kappa shape index (κ1) is 12.8. The fourth-order valence-corrected chi connectivity index (χ4v) is 3.38. The Balaban J connectivity index is 1.71. The molecular formula is C16H18FNS. The molecule has 100 valence electrons. The maximum Gasteiger partial charge on any atom is 0.131 e. The summed E-state index contributed by atoms with van der Waals surface area (Å²) in [6.07, 6.45) is 2.53. The van der Waals surface area contributed by atoms with E-state index in [0.717, 1.165) is 28.5 Å². The number of benzene rings is 1. The zero-order chi connectivity index (χ0) is 13.2. The van der Waals surface area contributed by atoms with Crippen LogP contribution in [0, 0.1) is 11.7 Å². The van der Waals surface area contributed by atoms with E-state index in [4.69, 9.17) is 0 Å². The van der Waals surface area contributed by atoms with E-state index < -0.39 is 0 Å². The van der Waals surface area contributed by atoms with Crippen LogP contribution in [0.15, 0.2) is 35.7 Å². The molecule has 1 saturated carbocycles. The van der Waals surface area contributed by atoms with Crippen molar-refractivity contribution >= 4 is 11.3 Å². The molecule has 1 nitrogen and oxygen atoms in total. The Hall–Kier alpha value is -1.19. The molecule has 3 rings (SSSR count). The van der Waals surface area contributed by atoms with Gasteiger partial charge in [-0.1, -0.05) is 19.1 Å². The highest BCUT2D eigenvalue weighted by Gasteiger charge is 2.24.